The lowest BCUT2D eigenvalue weighted by atomic mass is 10.1. The SMILES string of the molecule is O=C1NC(=O)N(c2ccc(C(=O)O)cc2)C(=O)/C1=C/c1cccc([N+](=O)[O-])c1. The van der Waals surface area contributed by atoms with Gasteiger partial charge in [0.1, 0.15) is 5.57 Å². The second-order valence-corrected chi connectivity index (χ2v) is 5.66. The van der Waals surface area contributed by atoms with Gasteiger partial charge in [-0.2, -0.15) is 0 Å². The molecule has 1 aliphatic heterocycles. The number of nitrogens with one attached hydrogen (secondary N) is 1. The number of imide groups is 2. The molecule has 140 valence electrons. The van der Waals surface area contributed by atoms with Crippen molar-refractivity contribution in [3.8, 4) is 0 Å². The van der Waals surface area contributed by atoms with Gasteiger partial charge < -0.3 is 5.11 Å². The number of barbiturate groups is 1. The second kappa shape index (κ2) is 7.11. The summed E-state index contributed by atoms with van der Waals surface area (Å²) in [4.78, 5) is 58.8. The van der Waals surface area contributed by atoms with Gasteiger partial charge in [0, 0.05) is 12.1 Å². The van der Waals surface area contributed by atoms with E-state index in [1.807, 2.05) is 5.32 Å². The number of rotatable bonds is 4. The van der Waals surface area contributed by atoms with Gasteiger partial charge in [0.15, 0.2) is 0 Å². The molecule has 0 spiro atoms. The smallest absolute Gasteiger partial charge is 0.335 e. The predicted molar refractivity (Wildman–Crippen MR) is 95.5 cm³/mol. The topological polar surface area (TPSA) is 147 Å². The van der Waals surface area contributed by atoms with Crippen LogP contribution in [0.4, 0.5) is 16.2 Å². The van der Waals surface area contributed by atoms with E-state index in [4.69, 9.17) is 5.11 Å². The normalized spacial score (nSPS) is 15.5. The average Bonchev–Trinajstić information content (AvgIpc) is 2.65. The number of hydrogen-bond acceptors (Lipinski definition) is 6. The molecule has 1 saturated heterocycles. The van der Waals surface area contributed by atoms with Crippen LogP contribution < -0.4 is 10.2 Å². The zero-order chi connectivity index (χ0) is 20.4. The van der Waals surface area contributed by atoms with Gasteiger partial charge in [0.05, 0.1) is 16.2 Å². The number of aromatic carboxylic acids is 1. The first-order valence-corrected chi connectivity index (χ1v) is 7.77. The summed E-state index contributed by atoms with van der Waals surface area (Å²) in [6.45, 7) is 0. The quantitative estimate of drug-likeness (QED) is 0.356. The molecule has 0 atom stereocenters. The average molecular weight is 381 g/mol. The molecule has 2 N–H and O–H groups in total. The van der Waals surface area contributed by atoms with Crippen molar-refractivity contribution in [2.45, 2.75) is 0 Å². The molecule has 0 radical (unpaired) electrons. The summed E-state index contributed by atoms with van der Waals surface area (Å²) in [6.07, 6.45) is 1.13. The second-order valence-electron chi connectivity index (χ2n) is 5.66. The summed E-state index contributed by atoms with van der Waals surface area (Å²) < 4.78 is 0. The van der Waals surface area contributed by atoms with Crippen molar-refractivity contribution >= 4 is 41.3 Å². The number of nitro groups is 1. The third-order valence-electron chi connectivity index (χ3n) is 3.87. The van der Waals surface area contributed by atoms with Crippen molar-refractivity contribution in [1.29, 1.82) is 0 Å². The summed E-state index contributed by atoms with van der Waals surface area (Å²) in [5, 5.41) is 21.8. The monoisotopic (exact) mass is 381 g/mol. The number of nitro benzene ring substituents is 1. The molecule has 0 aromatic heterocycles. The van der Waals surface area contributed by atoms with Crippen LogP contribution in [-0.2, 0) is 9.59 Å². The number of non-ortho nitro benzene ring substituents is 1. The van der Waals surface area contributed by atoms with Crippen molar-refractivity contribution in [3.63, 3.8) is 0 Å². The van der Waals surface area contributed by atoms with E-state index in [0.717, 1.165) is 6.08 Å². The minimum absolute atomic E-state index is 0.0444. The number of carbonyl (C=O) groups is 4. The first kappa shape index (κ1) is 18.5. The van der Waals surface area contributed by atoms with Crippen molar-refractivity contribution in [2.24, 2.45) is 0 Å². The van der Waals surface area contributed by atoms with Gasteiger partial charge in [-0.15, -0.1) is 0 Å². The van der Waals surface area contributed by atoms with Crippen LogP contribution in [0.3, 0.4) is 0 Å². The summed E-state index contributed by atoms with van der Waals surface area (Å²) in [7, 11) is 0. The van der Waals surface area contributed by atoms with Crippen LogP contribution in [0.2, 0.25) is 0 Å². The minimum Gasteiger partial charge on any atom is -0.478 e. The molecular weight excluding hydrogens is 370 g/mol. The fraction of sp³-hybridized carbons (Fsp3) is 0. The first-order valence-electron chi connectivity index (χ1n) is 7.77. The Morgan fingerprint density at radius 3 is 2.39 bits per heavy atom. The lowest BCUT2D eigenvalue weighted by Gasteiger charge is -2.26. The number of benzene rings is 2. The van der Waals surface area contributed by atoms with Gasteiger partial charge in [-0.1, -0.05) is 12.1 Å². The third kappa shape index (κ3) is 3.46. The van der Waals surface area contributed by atoms with Crippen molar-refractivity contribution in [2.75, 3.05) is 4.90 Å². The zero-order valence-electron chi connectivity index (χ0n) is 14.0. The molecule has 0 unspecified atom stereocenters. The van der Waals surface area contributed by atoms with E-state index in [1.54, 1.807) is 0 Å². The Hall–Kier alpha value is -4.34. The lowest BCUT2D eigenvalue weighted by molar-refractivity contribution is -0.384. The highest BCUT2D eigenvalue weighted by molar-refractivity contribution is 6.39. The lowest BCUT2D eigenvalue weighted by Crippen LogP contribution is -2.54. The Kier molecular flexibility index (Phi) is 4.69. The Balaban J connectivity index is 1.99. The van der Waals surface area contributed by atoms with E-state index < -0.39 is 34.3 Å². The van der Waals surface area contributed by atoms with Crippen molar-refractivity contribution < 1.29 is 29.2 Å². The van der Waals surface area contributed by atoms with E-state index in [2.05, 4.69) is 0 Å². The zero-order valence-corrected chi connectivity index (χ0v) is 14.0. The minimum atomic E-state index is -1.18. The number of anilines is 1. The van der Waals surface area contributed by atoms with Gasteiger partial charge in [0.25, 0.3) is 17.5 Å². The van der Waals surface area contributed by atoms with Crippen LogP contribution in [0, 0.1) is 10.1 Å². The number of amides is 4. The standard InChI is InChI=1S/C18H11N3O7/c22-15-14(9-10-2-1-3-13(8-10)21(27)28)16(23)20(18(26)19-15)12-6-4-11(5-7-12)17(24)25/h1-9H,(H,24,25)(H,19,22,26)/b14-9+. The molecule has 1 aliphatic rings. The first-order chi connectivity index (χ1) is 13.3. The van der Waals surface area contributed by atoms with Crippen LogP contribution in [0.1, 0.15) is 15.9 Å². The van der Waals surface area contributed by atoms with E-state index in [0.29, 0.717) is 4.90 Å². The number of carbonyl (C=O) groups excluding carboxylic acids is 3. The van der Waals surface area contributed by atoms with Crippen molar-refractivity contribution in [3.05, 3.63) is 75.3 Å². The van der Waals surface area contributed by atoms with Crippen LogP contribution in [0.5, 0.6) is 0 Å². The molecule has 28 heavy (non-hydrogen) atoms. The molecule has 0 aliphatic carbocycles. The fourth-order valence-electron chi connectivity index (χ4n) is 2.54. The van der Waals surface area contributed by atoms with E-state index in [9.17, 15) is 29.3 Å². The number of carboxylic acids is 1. The molecule has 1 fully saturated rings. The van der Waals surface area contributed by atoms with Crippen LogP contribution >= 0.6 is 0 Å². The van der Waals surface area contributed by atoms with E-state index >= 15 is 0 Å². The van der Waals surface area contributed by atoms with Crippen molar-refractivity contribution in [1.82, 2.24) is 5.32 Å². The predicted octanol–water partition coefficient (Wildman–Crippen LogP) is 1.96. The van der Waals surface area contributed by atoms with Gasteiger partial charge in [0.2, 0.25) is 0 Å². The third-order valence-corrected chi connectivity index (χ3v) is 3.87. The molecular formula is C18H11N3O7. The van der Waals surface area contributed by atoms with E-state index in [-0.39, 0.29) is 22.5 Å². The van der Waals surface area contributed by atoms with Gasteiger partial charge >= 0.3 is 12.0 Å². The summed E-state index contributed by atoms with van der Waals surface area (Å²) in [5.74, 6) is -3.06. The fourth-order valence-corrected chi connectivity index (χ4v) is 2.54. The number of carboxylic acid groups (broad SMARTS) is 1. The molecule has 10 heteroatoms. The largest absolute Gasteiger partial charge is 0.478 e. The Morgan fingerprint density at radius 1 is 1.11 bits per heavy atom. The Bertz CT molecular complexity index is 1060. The highest BCUT2D eigenvalue weighted by atomic mass is 16.6. The molecule has 4 amide bonds. The molecule has 2 aromatic carbocycles. The van der Waals surface area contributed by atoms with Gasteiger partial charge in [-0.3, -0.25) is 25.0 Å². The number of hydrogen-bond donors (Lipinski definition) is 2. The van der Waals surface area contributed by atoms with Gasteiger partial charge in [-0.05, 0) is 35.9 Å². The summed E-state index contributed by atoms with van der Waals surface area (Å²) in [5.41, 5.74) is -0.386. The maximum atomic E-state index is 12.7. The molecule has 10 nitrogen and oxygen atoms in total. The molecule has 3 rings (SSSR count). The molecule has 0 saturated carbocycles. The maximum absolute atomic E-state index is 12.7. The Morgan fingerprint density at radius 2 is 1.79 bits per heavy atom. The molecule has 1 heterocycles. The summed E-state index contributed by atoms with van der Waals surface area (Å²) >= 11 is 0. The number of urea groups is 1. The highest BCUT2D eigenvalue weighted by Crippen LogP contribution is 2.23. The van der Waals surface area contributed by atoms with Gasteiger partial charge in [-0.25, -0.2) is 14.5 Å². The summed E-state index contributed by atoms with van der Waals surface area (Å²) in [6, 6.07) is 9.21. The highest BCUT2D eigenvalue weighted by Gasteiger charge is 2.36. The number of nitrogens with zero attached hydrogens (tertiary/aromatic N) is 2. The van der Waals surface area contributed by atoms with E-state index in [1.165, 1.54) is 48.5 Å². The van der Waals surface area contributed by atoms with Crippen LogP contribution in [-0.4, -0.2) is 33.8 Å². The molecule has 0 bridgehead atoms. The molecule has 2 aromatic rings. The van der Waals surface area contributed by atoms with Crippen LogP contribution in [0.25, 0.3) is 6.08 Å². The maximum Gasteiger partial charge on any atom is 0.335 e. The van der Waals surface area contributed by atoms with Crippen LogP contribution in [0.15, 0.2) is 54.1 Å². The Labute approximate surface area is 156 Å².